The van der Waals surface area contributed by atoms with Gasteiger partial charge in [-0.25, -0.2) is 4.39 Å². The summed E-state index contributed by atoms with van der Waals surface area (Å²) in [5.41, 5.74) is 0.640. The van der Waals surface area contributed by atoms with Crippen molar-refractivity contribution < 1.29 is 9.13 Å². The first kappa shape index (κ1) is 18.2. The Bertz CT molecular complexity index is 1200. The normalized spacial score (nSPS) is 11.2. The third-order valence-electron chi connectivity index (χ3n) is 4.19. The van der Waals surface area contributed by atoms with Crippen LogP contribution in [-0.2, 0) is 6.54 Å². The predicted octanol–water partition coefficient (Wildman–Crippen LogP) is 3.54. The number of halogens is 1. The molecule has 0 aliphatic carbocycles. The molecular formula is C20H17FN4O2S. The molecule has 2 aromatic carbocycles. The van der Waals surface area contributed by atoms with Gasteiger partial charge in [-0.3, -0.25) is 13.8 Å². The number of fused-ring (bicyclic) bond motifs is 3. The fourth-order valence-electron chi connectivity index (χ4n) is 2.94. The van der Waals surface area contributed by atoms with Crippen molar-refractivity contribution in [2.45, 2.75) is 11.7 Å². The van der Waals surface area contributed by atoms with E-state index in [0.717, 1.165) is 5.52 Å². The van der Waals surface area contributed by atoms with Gasteiger partial charge in [0.25, 0.3) is 5.56 Å². The lowest BCUT2D eigenvalue weighted by atomic mass is 10.2. The number of rotatable bonds is 7. The molecule has 0 saturated carbocycles. The molecule has 0 saturated heterocycles. The van der Waals surface area contributed by atoms with Crippen LogP contribution >= 0.6 is 11.8 Å². The van der Waals surface area contributed by atoms with E-state index in [4.69, 9.17) is 4.74 Å². The molecule has 2 aromatic heterocycles. The van der Waals surface area contributed by atoms with E-state index in [-0.39, 0.29) is 11.4 Å². The molecule has 4 rings (SSSR count). The average Bonchev–Trinajstić information content (AvgIpc) is 3.14. The molecule has 0 fully saturated rings. The second-order valence-corrected chi connectivity index (χ2v) is 7.05. The molecular weight excluding hydrogens is 379 g/mol. The zero-order valence-electron chi connectivity index (χ0n) is 14.9. The number of ether oxygens (including phenoxy) is 1. The van der Waals surface area contributed by atoms with E-state index in [0.29, 0.717) is 41.0 Å². The van der Waals surface area contributed by atoms with Crippen molar-refractivity contribution >= 4 is 28.4 Å². The van der Waals surface area contributed by atoms with Crippen LogP contribution in [0.1, 0.15) is 0 Å². The number of hydrogen-bond acceptors (Lipinski definition) is 5. The molecule has 0 N–H and O–H groups in total. The van der Waals surface area contributed by atoms with Crippen LogP contribution in [-0.4, -0.2) is 31.5 Å². The van der Waals surface area contributed by atoms with E-state index in [9.17, 15) is 9.18 Å². The summed E-state index contributed by atoms with van der Waals surface area (Å²) in [6, 6.07) is 13.3. The van der Waals surface area contributed by atoms with E-state index < -0.39 is 0 Å². The van der Waals surface area contributed by atoms with Gasteiger partial charge in [0.1, 0.15) is 11.6 Å². The van der Waals surface area contributed by atoms with Gasteiger partial charge in [-0.15, -0.1) is 16.8 Å². The number of benzene rings is 2. The topological polar surface area (TPSA) is 61.4 Å². The molecule has 4 aromatic rings. The number of hydrogen-bond donors (Lipinski definition) is 0. The largest absolute Gasteiger partial charge is 0.493 e. The number of para-hydroxylation sites is 1. The molecule has 0 spiro atoms. The monoisotopic (exact) mass is 396 g/mol. The molecule has 0 bridgehead atoms. The molecule has 0 aliphatic heterocycles. The Kier molecular flexibility index (Phi) is 5.12. The van der Waals surface area contributed by atoms with Gasteiger partial charge in [-0.05, 0) is 36.4 Å². The zero-order valence-corrected chi connectivity index (χ0v) is 15.7. The Morgan fingerprint density at radius 2 is 1.93 bits per heavy atom. The van der Waals surface area contributed by atoms with Gasteiger partial charge in [0.15, 0.2) is 5.16 Å². The minimum atomic E-state index is -0.297. The molecule has 0 unspecified atom stereocenters. The molecule has 0 amide bonds. The maximum absolute atomic E-state index is 12.9. The van der Waals surface area contributed by atoms with Crippen molar-refractivity contribution in [1.29, 1.82) is 0 Å². The minimum Gasteiger partial charge on any atom is -0.493 e. The molecule has 0 atom stereocenters. The number of thioether (sulfide) groups is 1. The fourth-order valence-corrected chi connectivity index (χ4v) is 3.70. The van der Waals surface area contributed by atoms with Crippen LogP contribution in [0.25, 0.3) is 16.7 Å². The third-order valence-corrected chi connectivity index (χ3v) is 5.08. The van der Waals surface area contributed by atoms with Gasteiger partial charge in [0.05, 0.1) is 17.5 Å². The van der Waals surface area contributed by atoms with Crippen LogP contribution in [0, 0.1) is 5.82 Å². The highest BCUT2D eigenvalue weighted by atomic mass is 32.2. The predicted molar refractivity (Wildman–Crippen MR) is 108 cm³/mol. The van der Waals surface area contributed by atoms with E-state index in [1.165, 1.54) is 23.9 Å². The highest BCUT2D eigenvalue weighted by Gasteiger charge is 2.16. The maximum atomic E-state index is 12.9. The second-order valence-electron chi connectivity index (χ2n) is 5.99. The minimum absolute atomic E-state index is 0.119. The Hall–Kier alpha value is -3.13. The van der Waals surface area contributed by atoms with Crippen molar-refractivity contribution in [3.63, 3.8) is 0 Å². The zero-order chi connectivity index (χ0) is 19.5. The van der Waals surface area contributed by atoms with Crippen LogP contribution in [0.2, 0.25) is 0 Å². The lowest BCUT2D eigenvalue weighted by molar-refractivity contribution is 0.343. The average molecular weight is 396 g/mol. The third kappa shape index (κ3) is 3.38. The van der Waals surface area contributed by atoms with Crippen LogP contribution in [0.5, 0.6) is 5.75 Å². The van der Waals surface area contributed by atoms with Crippen LogP contribution < -0.4 is 10.3 Å². The summed E-state index contributed by atoms with van der Waals surface area (Å²) in [5, 5.41) is 9.75. The standard InChI is InChI=1S/C20H17FN4O2S/c1-2-11-24-18(26)16-5-3-4-6-17(16)25-19(24)22-23-20(25)28-13-12-27-15-9-7-14(21)8-10-15/h2-10H,1,11-13H2. The number of allylic oxidation sites excluding steroid dienone is 1. The quantitative estimate of drug-likeness (QED) is 0.272. The van der Waals surface area contributed by atoms with Crippen LogP contribution in [0.15, 0.2) is 71.1 Å². The Morgan fingerprint density at radius 3 is 2.71 bits per heavy atom. The van der Waals surface area contributed by atoms with Crippen molar-refractivity contribution in [1.82, 2.24) is 19.2 Å². The highest BCUT2D eigenvalue weighted by Crippen LogP contribution is 2.22. The van der Waals surface area contributed by atoms with Gasteiger partial charge in [-0.2, -0.15) is 0 Å². The summed E-state index contributed by atoms with van der Waals surface area (Å²) < 4.78 is 22.0. The molecule has 28 heavy (non-hydrogen) atoms. The first-order valence-corrected chi connectivity index (χ1v) is 9.66. The van der Waals surface area contributed by atoms with E-state index in [1.54, 1.807) is 28.8 Å². The number of nitrogens with zero attached hydrogens (tertiary/aromatic N) is 4. The summed E-state index contributed by atoms with van der Waals surface area (Å²) in [6.45, 7) is 4.50. The maximum Gasteiger partial charge on any atom is 0.263 e. The summed E-state index contributed by atoms with van der Waals surface area (Å²) in [7, 11) is 0. The molecule has 142 valence electrons. The number of aromatic nitrogens is 4. The second kappa shape index (κ2) is 7.85. The Balaban J connectivity index is 1.62. The van der Waals surface area contributed by atoms with Gasteiger partial charge in [-0.1, -0.05) is 30.0 Å². The van der Waals surface area contributed by atoms with E-state index in [2.05, 4.69) is 16.8 Å². The van der Waals surface area contributed by atoms with Crippen LogP contribution in [0.4, 0.5) is 4.39 Å². The fraction of sp³-hybridized carbons (Fsp3) is 0.150. The summed E-state index contributed by atoms with van der Waals surface area (Å²) in [6.07, 6.45) is 1.66. The molecule has 2 heterocycles. The smallest absolute Gasteiger partial charge is 0.263 e. The Morgan fingerprint density at radius 1 is 1.14 bits per heavy atom. The van der Waals surface area contributed by atoms with Gasteiger partial charge < -0.3 is 4.74 Å². The first-order chi connectivity index (χ1) is 13.7. The molecule has 6 nitrogen and oxygen atoms in total. The molecule has 0 radical (unpaired) electrons. The summed E-state index contributed by atoms with van der Waals surface area (Å²) in [4.78, 5) is 12.8. The van der Waals surface area contributed by atoms with Gasteiger partial charge in [0.2, 0.25) is 5.78 Å². The molecule has 8 heteroatoms. The van der Waals surface area contributed by atoms with Crippen molar-refractivity contribution in [3.05, 3.63) is 77.4 Å². The van der Waals surface area contributed by atoms with Crippen LogP contribution in [0.3, 0.4) is 0 Å². The molecule has 0 aliphatic rings. The van der Waals surface area contributed by atoms with Gasteiger partial charge in [0, 0.05) is 12.3 Å². The van der Waals surface area contributed by atoms with Crippen molar-refractivity contribution in [2.75, 3.05) is 12.4 Å². The van der Waals surface area contributed by atoms with Crippen molar-refractivity contribution in [3.8, 4) is 5.75 Å². The lowest BCUT2D eigenvalue weighted by Gasteiger charge is -2.10. The highest BCUT2D eigenvalue weighted by molar-refractivity contribution is 7.99. The first-order valence-electron chi connectivity index (χ1n) is 8.68. The summed E-state index contributed by atoms with van der Waals surface area (Å²) in [5.74, 6) is 1.41. The van der Waals surface area contributed by atoms with E-state index >= 15 is 0 Å². The van der Waals surface area contributed by atoms with E-state index in [1.807, 2.05) is 22.6 Å². The Labute approximate surface area is 164 Å². The van der Waals surface area contributed by atoms with Crippen molar-refractivity contribution in [2.24, 2.45) is 0 Å². The lowest BCUT2D eigenvalue weighted by Crippen LogP contribution is -2.22. The SMILES string of the molecule is C=CCn1c(=O)c2ccccc2n2c(SCCOc3ccc(F)cc3)nnc12. The van der Waals surface area contributed by atoms with Gasteiger partial charge >= 0.3 is 0 Å². The summed E-state index contributed by atoms with van der Waals surface area (Å²) >= 11 is 1.48.